The molecule has 0 N–H and O–H groups in total. The fourth-order valence-electron chi connectivity index (χ4n) is 6.27. The molecular formula is C33H51NO3SSn. The Kier molecular flexibility index (Phi) is 12.2. The second-order valence-electron chi connectivity index (χ2n) is 11.7. The van der Waals surface area contributed by atoms with Crippen molar-refractivity contribution >= 4 is 34.4 Å². The summed E-state index contributed by atoms with van der Waals surface area (Å²) in [6.45, 7) is 17.6. The van der Waals surface area contributed by atoms with Gasteiger partial charge in [0.15, 0.2) is 0 Å². The molecule has 0 bridgehead atoms. The fourth-order valence-corrected chi connectivity index (χ4v) is 22.0. The molecule has 0 amide bonds. The molecule has 2 atom stereocenters. The maximum atomic E-state index is 14.4. The third kappa shape index (κ3) is 7.78. The third-order valence-electron chi connectivity index (χ3n) is 8.39. The van der Waals surface area contributed by atoms with Gasteiger partial charge in [-0.3, -0.25) is 0 Å². The van der Waals surface area contributed by atoms with E-state index in [4.69, 9.17) is 3.07 Å². The summed E-state index contributed by atoms with van der Waals surface area (Å²) in [7, 11) is -3.73. The van der Waals surface area contributed by atoms with E-state index in [-0.39, 0.29) is 12.1 Å². The predicted molar refractivity (Wildman–Crippen MR) is 168 cm³/mol. The van der Waals surface area contributed by atoms with E-state index in [0.29, 0.717) is 11.5 Å². The average molecular weight is 661 g/mol. The molecule has 1 heterocycles. The summed E-state index contributed by atoms with van der Waals surface area (Å²) in [6, 6.07) is 13.6. The van der Waals surface area contributed by atoms with Gasteiger partial charge >= 0.3 is 245 Å². The molecule has 0 unspecified atom stereocenters. The summed E-state index contributed by atoms with van der Waals surface area (Å²) < 4.78 is 41.4. The van der Waals surface area contributed by atoms with Gasteiger partial charge in [0.1, 0.15) is 0 Å². The van der Waals surface area contributed by atoms with E-state index < -0.39 is 28.8 Å². The van der Waals surface area contributed by atoms with Crippen LogP contribution in [0.2, 0.25) is 13.3 Å². The minimum atomic E-state index is -3.73. The number of hydrogen-bond donors (Lipinski definition) is 0. The Bertz CT molecular complexity index is 1150. The number of benzene rings is 2. The van der Waals surface area contributed by atoms with Gasteiger partial charge in [0.05, 0.1) is 0 Å². The van der Waals surface area contributed by atoms with E-state index in [2.05, 4.69) is 27.4 Å². The van der Waals surface area contributed by atoms with Crippen LogP contribution < -0.4 is 0 Å². The van der Waals surface area contributed by atoms with Crippen molar-refractivity contribution in [3.05, 3.63) is 71.3 Å². The van der Waals surface area contributed by atoms with Crippen LogP contribution >= 0.6 is 0 Å². The van der Waals surface area contributed by atoms with Crippen LogP contribution in [0.4, 0.5) is 0 Å². The normalized spacial score (nSPS) is 18.2. The van der Waals surface area contributed by atoms with Crippen LogP contribution in [-0.4, -0.2) is 50.2 Å². The zero-order valence-corrected chi connectivity index (χ0v) is 28.9. The molecule has 1 aliphatic heterocycles. The van der Waals surface area contributed by atoms with Crippen LogP contribution in [0.1, 0.15) is 88.0 Å². The summed E-state index contributed by atoms with van der Waals surface area (Å²) in [6.07, 6.45) is 8.01. The van der Waals surface area contributed by atoms with Crippen molar-refractivity contribution in [3.8, 4) is 0 Å². The molecule has 39 heavy (non-hydrogen) atoms. The first-order chi connectivity index (χ1) is 18.6. The SMILES string of the molecule is C=C(c1ccccc1)[C@@H]1C[C@H](C[O][Sn]([CH2]CCC)([CH2]CCC)[CH2]CCC)N1S(=O)(=O)c1c(C)cc(C)cc1C. The average Bonchev–Trinajstić information content (AvgIpc) is 2.87. The van der Waals surface area contributed by atoms with E-state index in [0.717, 1.165) is 34.2 Å². The van der Waals surface area contributed by atoms with Gasteiger partial charge < -0.3 is 0 Å². The van der Waals surface area contributed by atoms with E-state index in [9.17, 15) is 8.42 Å². The second-order valence-corrected chi connectivity index (χ2v) is 25.3. The Morgan fingerprint density at radius 2 is 1.44 bits per heavy atom. The Morgan fingerprint density at radius 3 is 1.92 bits per heavy atom. The Labute approximate surface area is 243 Å². The fraction of sp³-hybridized carbons (Fsp3) is 0.576. The molecule has 2 aromatic rings. The topological polar surface area (TPSA) is 46.6 Å². The van der Waals surface area contributed by atoms with Crippen LogP contribution in [0, 0.1) is 20.8 Å². The van der Waals surface area contributed by atoms with Gasteiger partial charge in [0, 0.05) is 0 Å². The summed E-state index contributed by atoms with van der Waals surface area (Å²) in [5, 5.41) is 0. The Morgan fingerprint density at radius 1 is 0.923 bits per heavy atom. The molecule has 6 heteroatoms. The molecule has 1 saturated heterocycles. The quantitative estimate of drug-likeness (QED) is 0.169. The van der Waals surface area contributed by atoms with Crippen molar-refractivity contribution in [2.75, 3.05) is 6.61 Å². The number of nitrogens with zero attached hydrogens (tertiary/aromatic N) is 1. The maximum absolute atomic E-state index is 14.4. The van der Waals surface area contributed by atoms with E-state index >= 15 is 0 Å². The van der Waals surface area contributed by atoms with Crippen molar-refractivity contribution in [1.82, 2.24) is 4.31 Å². The summed E-state index contributed by atoms with van der Waals surface area (Å²) in [5.74, 6) is 0. The van der Waals surface area contributed by atoms with Crippen molar-refractivity contribution in [1.29, 1.82) is 0 Å². The van der Waals surface area contributed by atoms with E-state index in [1.807, 2.05) is 63.2 Å². The van der Waals surface area contributed by atoms with Gasteiger partial charge in [-0.1, -0.05) is 0 Å². The van der Waals surface area contributed by atoms with Crippen LogP contribution in [0.5, 0.6) is 0 Å². The zero-order valence-electron chi connectivity index (χ0n) is 25.3. The summed E-state index contributed by atoms with van der Waals surface area (Å²) >= 11 is -2.87. The third-order valence-corrected chi connectivity index (χ3v) is 23.7. The molecule has 4 nitrogen and oxygen atoms in total. The minimum absolute atomic E-state index is 0.151. The van der Waals surface area contributed by atoms with Crippen LogP contribution in [-0.2, 0) is 13.1 Å². The molecule has 1 fully saturated rings. The van der Waals surface area contributed by atoms with Crippen molar-refractivity contribution in [2.45, 2.75) is 117 Å². The molecule has 0 saturated carbocycles. The molecule has 0 aliphatic carbocycles. The second kappa shape index (κ2) is 14.7. The van der Waals surface area contributed by atoms with Crippen molar-refractivity contribution < 1.29 is 11.5 Å². The molecule has 1 aliphatic rings. The van der Waals surface area contributed by atoms with E-state index in [1.54, 1.807) is 4.31 Å². The number of sulfonamides is 1. The zero-order chi connectivity index (χ0) is 28.6. The molecule has 0 radical (unpaired) electrons. The molecule has 3 rings (SSSR count). The summed E-state index contributed by atoms with van der Waals surface area (Å²) in [4.78, 5) is 0.446. The first kappa shape index (κ1) is 32.4. The Hall–Kier alpha value is -1.15. The van der Waals surface area contributed by atoms with Gasteiger partial charge in [-0.05, 0) is 0 Å². The van der Waals surface area contributed by atoms with Gasteiger partial charge in [-0.25, -0.2) is 0 Å². The summed E-state index contributed by atoms with van der Waals surface area (Å²) in [5.41, 5.74) is 4.58. The van der Waals surface area contributed by atoms with Crippen LogP contribution in [0.25, 0.3) is 5.57 Å². The van der Waals surface area contributed by atoms with Gasteiger partial charge in [-0.2, -0.15) is 0 Å². The monoisotopic (exact) mass is 661 g/mol. The predicted octanol–water partition coefficient (Wildman–Crippen LogP) is 8.82. The standard InChI is InChI=1S/C21H24NO3S.3C4H9.Sn/c1-14-10-15(2)21(16(3)11-14)26(24,25)22-19(13-23)12-20(22)17(4)18-8-6-5-7-9-18;3*1-3-4-2;/h5-11,19-20H,4,12-13H2,1-3H3;3*1,3-4H2,2H3;/q-1;;;;+1/t19-,20+;;;;/m1..../s1. The molecule has 0 aromatic heterocycles. The van der Waals surface area contributed by atoms with Crippen LogP contribution in [0.15, 0.2) is 53.9 Å². The van der Waals surface area contributed by atoms with Gasteiger partial charge in [-0.15, -0.1) is 0 Å². The molecule has 0 spiro atoms. The van der Waals surface area contributed by atoms with Crippen molar-refractivity contribution in [3.63, 3.8) is 0 Å². The number of unbranched alkanes of at least 4 members (excludes halogenated alkanes) is 3. The molecular weight excluding hydrogens is 609 g/mol. The van der Waals surface area contributed by atoms with Gasteiger partial charge in [0.2, 0.25) is 0 Å². The van der Waals surface area contributed by atoms with Crippen molar-refractivity contribution in [2.24, 2.45) is 0 Å². The first-order valence-electron chi connectivity index (χ1n) is 15.1. The van der Waals surface area contributed by atoms with Crippen LogP contribution in [0.3, 0.4) is 0 Å². The molecule has 2 aromatic carbocycles. The molecule has 216 valence electrons. The Balaban J connectivity index is 1.96. The first-order valence-corrected chi connectivity index (χ1v) is 23.8. The number of aryl methyl sites for hydroxylation is 3. The van der Waals surface area contributed by atoms with Gasteiger partial charge in [0.25, 0.3) is 0 Å². The van der Waals surface area contributed by atoms with E-state index in [1.165, 1.54) is 51.8 Å². The number of rotatable bonds is 16. The number of hydrogen-bond acceptors (Lipinski definition) is 3.